The summed E-state index contributed by atoms with van der Waals surface area (Å²) in [5.74, 6) is 4.31. The molecule has 1 saturated heterocycles. The van der Waals surface area contributed by atoms with Crippen LogP contribution >= 0.6 is 0 Å². The lowest BCUT2D eigenvalue weighted by Crippen LogP contribution is -2.47. The van der Waals surface area contributed by atoms with Crippen molar-refractivity contribution in [3.63, 3.8) is 0 Å². The van der Waals surface area contributed by atoms with E-state index in [1.165, 1.54) is 19.3 Å². The fraction of sp³-hybridized carbons (Fsp3) is 0.417. The minimum absolute atomic E-state index is 0.495. The van der Waals surface area contributed by atoms with Crippen molar-refractivity contribution in [2.45, 2.75) is 25.2 Å². The number of benzene rings is 2. The number of rotatable bonds is 5. The Bertz CT molecular complexity index is 1040. The van der Waals surface area contributed by atoms with Crippen LogP contribution in [0.2, 0.25) is 0 Å². The number of methoxy groups -OCH3 is 2. The van der Waals surface area contributed by atoms with E-state index in [-0.39, 0.29) is 0 Å². The summed E-state index contributed by atoms with van der Waals surface area (Å²) in [6, 6.07) is 14.4. The van der Waals surface area contributed by atoms with Crippen molar-refractivity contribution in [3.05, 3.63) is 48.3 Å². The van der Waals surface area contributed by atoms with Crippen molar-refractivity contribution in [1.82, 2.24) is 9.97 Å². The lowest BCUT2D eigenvalue weighted by atomic mass is 9.85. The Kier molecular flexibility index (Phi) is 5.07. The van der Waals surface area contributed by atoms with Gasteiger partial charge in [0.2, 0.25) is 0 Å². The predicted octanol–water partition coefficient (Wildman–Crippen LogP) is 4.24. The summed E-state index contributed by atoms with van der Waals surface area (Å²) in [4.78, 5) is 14.8. The standard InChI is InChI=1S/C24H28N4O2/c1-29-18-10-11-19-20(16-18)25-23(17-6-5-7-17)26-24(19)28-14-12-27(13-15-28)21-8-3-4-9-22(21)30-2/h3-4,8-11,16-17H,5-7,12-15H2,1-2H3. The molecule has 156 valence electrons. The molecule has 0 bridgehead atoms. The second kappa shape index (κ2) is 8.01. The van der Waals surface area contributed by atoms with Crippen molar-refractivity contribution >= 4 is 22.4 Å². The molecule has 0 amide bonds. The maximum atomic E-state index is 5.56. The molecular formula is C24H28N4O2. The summed E-state index contributed by atoms with van der Waals surface area (Å²) >= 11 is 0. The first-order chi connectivity index (χ1) is 14.8. The van der Waals surface area contributed by atoms with E-state index >= 15 is 0 Å². The monoisotopic (exact) mass is 404 g/mol. The lowest BCUT2D eigenvalue weighted by Gasteiger charge is -2.38. The van der Waals surface area contributed by atoms with Gasteiger partial charge in [-0.3, -0.25) is 0 Å². The van der Waals surface area contributed by atoms with Crippen molar-refractivity contribution in [3.8, 4) is 11.5 Å². The highest BCUT2D eigenvalue weighted by Gasteiger charge is 2.27. The Labute approximate surface area is 177 Å². The van der Waals surface area contributed by atoms with Crippen LogP contribution in [0.1, 0.15) is 31.0 Å². The summed E-state index contributed by atoms with van der Waals surface area (Å²) in [7, 11) is 3.44. The highest BCUT2D eigenvalue weighted by molar-refractivity contribution is 5.90. The number of nitrogens with zero attached hydrogens (tertiary/aromatic N) is 4. The predicted molar refractivity (Wildman–Crippen MR) is 120 cm³/mol. The molecule has 6 heteroatoms. The minimum Gasteiger partial charge on any atom is -0.497 e. The molecule has 2 aromatic carbocycles. The maximum Gasteiger partial charge on any atom is 0.142 e. The second-order valence-corrected chi connectivity index (χ2v) is 8.06. The molecule has 3 aromatic rings. The molecule has 6 nitrogen and oxygen atoms in total. The van der Waals surface area contributed by atoms with Gasteiger partial charge in [0.25, 0.3) is 0 Å². The lowest BCUT2D eigenvalue weighted by molar-refractivity contribution is 0.402. The van der Waals surface area contributed by atoms with E-state index in [4.69, 9.17) is 19.4 Å². The van der Waals surface area contributed by atoms with Gasteiger partial charge >= 0.3 is 0 Å². The van der Waals surface area contributed by atoms with E-state index in [2.05, 4.69) is 28.0 Å². The van der Waals surface area contributed by atoms with Crippen molar-refractivity contribution < 1.29 is 9.47 Å². The zero-order chi connectivity index (χ0) is 20.5. The number of hydrogen-bond acceptors (Lipinski definition) is 6. The first-order valence-corrected chi connectivity index (χ1v) is 10.8. The largest absolute Gasteiger partial charge is 0.497 e. The van der Waals surface area contributed by atoms with Crippen molar-refractivity contribution in [2.24, 2.45) is 0 Å². The van der Waals surface area contributed by atoms with Gasteiger partial charge in [-0.15, -0.1) is 0 Å². The van der Waals surface area contributed by atoms with E-state index in [9.17, 15) is 0 Å². The molecule has 0 atom stereocenters. The third-order valence-corrected chi connectivity index (χ3v) is 6.38. The molecule has 0 unspecified atom stereocenters. The molecule has 1 saturated carbocycles. The highest BCUT2D eigenvalue weighted by atomic mass is 16.5. The summed E-state index contributed by atoms with van der Waals surface area (Å²) in [6.07, 6.45) is 3.66. The van der Waals surface area contributed by atoms with Crippen LogP contribution in [0.4, 0.5) is 11.5 Å². The van der Waals surface area contributed by atoms with Crippen LogP contribution in [0.25, 0.3) is 10.9 Å². The zero-order valence-corrected chi connectivity index (χ0v) is 17.7. The van der Waals surface area contributed by atoms with Crippen LogP contribution in [0.3, 0.4) is 0 Å². The van der Waals surface area contributed by atoms with E-state index in [0.29, 0.717) is 5.92 Å². The Morgan fingerprint density at radius 3 is 2.33 bits per heavy atom. The number of anilines is 2. The molecule has 1 aromatic heterocycles. The Morgan fingerprint density at radius 2 is 1.63 bits per heavy atom. The third kappa shape index (κ3) is 3.40. The van der Waals surface area contributed by atoms with Crippen LogP contribution in [-0.2, 0) is 0 Å². The zero-order valence-electron chi connectivity index (χ0n) is 17.7. The fourth-order valence-electron chi connectivity index (χ4n) is 4.38. The molecule has 2 fully saturated rings. The van der Waals surface area contributed by atoms with Gasteiger partial charge in [-0.05, 0) is 37.1 Å². The van der Waals surface area contributed by atoms with E-state index < -0.39 is 0 Å². The molecular weight excluding hydrogens is 376 g/mol. The maximum absolute atomic E-state index is 5.56. The van der Waals surface area contributed by atoms with Crippen LogP contribution in [-0.4, -0.2) is 50.4 Å². The van der Waals surface area contributed by atoms with Crippen molar-refractivity contribution in [1.29, 1.82) is 0 Å². The highest BCUT2D eigenvalue weighted by Crippen LogP contribution is 2.38. The number of piperazine rings is 1. The third-order valence-electron chi connectivity index (χ3n) is 6.38. The first-order valence-electron chi connectivity index (χ1n) is 10.8. The van der Waals surface area contributed by atoms with Crippen molar-refractivity contribution in [2.75, 3.05) is 50.2 Å². The quantitative estimate of drug-likeness (QED) is 0.634. The molecule has 5 rings (SSSR count). The van der Waals surface area contributed by atoms with Crippen LogP contribution < -0.4 is 19.3 Å². The van der Waals surface area contributed by atoms with E-state index in [1.54, 1.807) is 14.2 Å². The molecule has 2 heterocycles. The van der Waals surface area contributed by atoms with Gasteiger partial charge in [0.05, 0.1) is 25.4 Å². The van der Waals surface area contributed by atoms with Gasteiger partial charge in [-0.2, -0.15) is 0 Å². The Morgan fingerprint density at radius 1 is 0.867 bits per heavy atom. The number of ether oxygens (including phenoxy) is 2. The Balaban J connectivity index is 1.44. The van der Waals surface area contributed by atoms with Gasteiger partial charge < -0.3 is 19.3 Å². The first kappa shape index (κ1) is 19.0. The molecule has 2 aliphatic rings. The second-order valence-electron chi connectivity index (χ2n) is 8.06. The average Bonchev–Trinajstić information content (AvgIpc) is 2.77. The van der Waals surface area contributed by atoms with Gasteiger partial charge in [0.1, 0.15) is 23.1 Å². The number of hydrogen-bond donors (Lipinski definition) is 0. The summed E-state index contributed by atoms with van der Waals surface area (Å²) in [5.41, 5.74) is 2.14. The molecule has 1 aliphatic heterocycles. The molecule has 0 N–H and O–H groups in total. The molecule has 0 radical (unpaired) electrons. The van der Waals surface area contributed by atoms with Gasteiger partial charge in [0.15, 0.2) is 0 Å². The molecule has 0 spiro atoms. The topological polar surface area (TPSA) is 50.7 Å². The van der Waals surface area contributed by atoms with Gasteiger partial charge in [0, 0.05) is 43.5 Å². The SMILES string of the molecule is COc1ccc2c(N3CCN(c4ccccc4OC)CC3)nc(C3CCC3)nc2c1. The van der Waals surface area contributed by atoms with Crippen LogP contribution in [0.15, 0.2) is 42.5 Å². The average molecular weight is 405 g/mol. The van der Waals surface area contributed by atoms with E-state index in [0.717, 1.165) is 65.9 Å². The molecule has 1 aliphatic carbocycles. The van der Waals surface area contributed by atoms with Gasteiger partial charge in [-0.1, -0.05) is 18.6 Å². The summed E-state index contributed by atoms with van der Waals surface area (Å²) in [5, 5.41) is 1.10. The van der Waals surface area contributed by atoms with E-state index in [1.807, 2.05) is 24.3 Å². The Hall–Kier alpha value is -3.02. The normalized spacial score (nSPS) is 17.1. The fourth-order valence-corrected chi connectivity index (χ4v) is 4.38. The van der Waals surface area contributed by atoms with Gasteiger partial charge in [-0.25, -0.2) is 9.97 Å². The minimum atomic E-state index is 0.495. The number of aromatic nitrogens is 2. The van der Waals surface area contributed by atoms with Crippen LogP contribution in [0.5, 0.6) is 11.5 Å². The summed E-state index contributed by atoms with van der Waals surface area (Å²) in [6.45, 7) is 3.70. The number of para-hydroxylation sites is 2. The van der Waals surface area contributed by atoms with Crippen LogP contribution in [0, 0.1) is 0 Å². The smallest absolute Gasteiger partial charge is 0.142 e. The number of fused-ring (bicyclic) bond motifs is 1. The summed E-state index contributed by atoms with van der Waals surface area (Å²) < 4.78 is 11.0. The molecule has 30 heavy (non-hydrogen) atoms.